The van der Waals surface area contributed by atoms with Gasteiger partial charge in [0.1, 0.15) is 6.04 Å². The van der Waals surface area contributed by atoms with E-state index in [0.717, 1.165) is 12.0 Å². The van der Waals surface area contributed by atoms with Gasteiger partial charge in [0.05, 0.1) is 0 Å². The van der Waals surface area contributed by atoms with E-state index >= 15 is 0 Å². The highest BCUT2D eigenvalue weighted by Gasteiger charge is 2.14. The summed E-state index contributed by atoms with van der Waals surface area (Å²) in [4.78, 5) is 10.5. The van der Waals surface area contributed by atoms with Crippen LogP contribution >= 0.6 is 0 Å². The van der Waals surface area contributed by atoms with Gasteiger partial charge in [-0.15, -0.1) is 0 Å². The van der Waals surface area contributed by atoms with Gasteiger partial charge in [0.2, 0.25) is 0 Å². The molecule has 0 saturated heterocycles. The molecule has 1 amide bonds. The third kappa shape index (κ3) is 1.91. The van der Waals surface area contributed by atoms with Crippen molar-refractivity contribution < 1.29 is 4.79 Å². The summed E-state index contributed by atoms with van der Waals surface area (Å²) in [6.07, 6.45) is 7.45. The molecule has 1 radical (unpaired) electrons. The molecular weight excluding hydrogens is 140 g/mol. The van der Waals surface area contributed by atoms with Crippen LogP contribution in [0.5, 0.6) is 0 Å². The van der Waals surface area contributed by atoms with E-state index in [4.69, 9.17) is 11.5 Å². The number of nitrogens with one attached hydrogen (secondary N) is 1. The molecule has 1 aliphatic rings. The summed E-state index contributed by atoms with van der Waals surface area (Å²) in [7, 11) is 0. The molecule has 0 saturated carbocycles. The van der Waals surface area contributed by atoms with Gasteiger partial charge in [-0.3, -0.25) is 10.5 Å². The molecule has 0 aliphatic heterocycles. The van der Waals surface area contributed by atoms with E-state index < -0.39 is 11.9 Å². The summed E-state index contributed by atoms with van der Waals surface area (Å²) in [5.74, 6) is -0.702. The third-order valence-electron chi connectivity index (χ3n) is 1.72. The SMILES string of the molecule is [NH]C(=O)C(N)C1=CCC=CC1. The Bertz CT molecular complexity index is 218. The first-order chi connectivity index (χ1) is 5.22. The molecule has 0 aromatic heterocycles. The van der Waals surface area contributed by atoms with Gasteiger partial charge in [-0.25, -0.2) is 0 Å². The Hall–Kier alpha value is -1.09. The molecule has 3 N–H and O–H groups in total. The predicted octanol–water partition coefficient (Wildman–Crippen LogP) is 0.400. The zero-order valence-electron chi connectivity index (χ0n) is 6.21. The average molecular weight is 151 g/mol. The summed E-state index contributed by atoms with van der Waals surface area (Å²) in [5, 5.41) is 0. The largest absolute Gasteiger partial charge is 0.316 e. The van der Waals surface area contributed by atoms with Crippen LogP contribution in [-0.4, -0.2) is 11.9 Å². The number of carbonyl (C=O) groups is 1. The van der Waals surface area contributed by atoms with Crippen LogP contribution in [0.25, 0.3) is 0 Å². The van der Waals surface area contributed by atoms with Crippen molar-refractivity contribution in [3.8, 4) is 0 Å². The molecule has 1 atom stereocenters. The Morgan fingerprint density at radius 1 is 1.64 bits per heavy atom. The van der Waals surface area contributed by atoms with E-state index in [0.29, 0.717) is 6.42 Å². The molecule has 0 bridgehead atoms. The monoisotopic (exact) mass is 151 g/mol. The van der Waals surface area contributed by atoms with Crippen molar-refractivity contribution in [3.05, 3.63) is 23.8 Å². The van der Waals surface area contributed by atoms with Crippen LogP contribution in [0.15, 0.2) is 23.8 Å². The lowest BCUT2D eigenvalue weighted by Crippen LogP contribution is -2.33. The highest BCUT2D eigenvalue weighted by molar-refractivity contribution is 5.82. The molecule has 3 nitrogen and oxygen atoms in total. The number of nitrogens with two attached hydrogens (primary N) is 1. The van der Waals surface area contributed by atoms with Gasteiger partial charge in [-0.2, -0.15) is 0 Å². The summed E-state index contributed by atoms with van der Waals surface area (Å²) in [6, 6.07) is -0.708. The fourth-order valence-corrected chi connectivity index (χ4v) is 1.04. The van der Waals surface area contributed by atoms with Gasteiger partial charge in [0.25, 0.3) is 5.91 Å². The molecule has 0 heterocycles. The van der Waals surface area contributed by atoms with Crippen LogP contribution in [0, 0.1) is 0 Å². The normalized spacial score (nSPS) is 19.2. The number of amides is 1. The molecule has 1 unspecified atom stereocenters. The van der Waals surface area contributed by atoms with E-state index in [2.05, 4.69) is 0 Å². The maximum absolute atomic E-state index is 10.5. The van der Waals surface area contributed by atoms with E-state index in [1.165, 1.54) is 0 Å². The van der Waals surface area contributed by atoms with Gasteiger partial charge in [0.15, 0.2) is 0 Å². The lowest BCUT2D eigenvalue weighted by molar-refractivity contribution is -0.119. The second-order valence-corrected chi connectivity index (χ2v) is 2.53. The minimum Gasteiger partial charge on any atom is -0.316 e. The van der Waals surface area contributed by atoms with Crippen molar-refractivity contribution in [2.24, 2.45) is 5.73 Å². The number of carbonyl (C=O) groups excluding carboxylic acids is 1. The average Bonchev–Trinajstić information content (AvgIpc) is 2.05. The zero-order chi connectivity index (χ0) is 8.27. The maximum atomic E-state index is 10.5. The van der Waals surface area contributed by atoms with Gasteiger partial charge in [-0.05, 0) is 18.4 Å². The molecule has 0 aromatic carbocycles. The quantitative estimate of drug-likeness (QED) is 0.580. The van der Waals surface area contributed by atoms with Crippen molar-refractivity contribution in [3.63, 3.8) is 0 Å². The number of allylic oxidation sites excluding steroid dienone is 3. The zero-order valence-corrected chi connectivity index (χ0v) is 6.21. The van der Waals surface area contributed by atoms with Crippen LogP contribution < -0.4 is 11.5 Å². The fraction of sp³-hybridized carbons (Fsp3) is 0.375. The van der Waals surface area contributed by atoms with Crippen LogP contribution in [-0.2, 0) is 4.79 Å². The van der Waals surface area contributed by atoms with Crippen molar-refractivity contribution >= 4 is 5.91 Å². The fourth-order valence-electron chi connectivity index (χ4n) is 1.04. The molecule has 1 rings (SSSR count). The van der Waals surface area contributed by atoms with E-state index in [1.54, 1.807) is 0 Å². The Morgan fingerprint density at radius 3 is 2.82 bits per heavy atom. The van der Waals surface area contributed by atoms with Crippen LogP contribution in [0.4, 0.5) is 0 Å². The third-order valence-corrected chi connectivity index (χ3v) is 1.72. The molecule has 0 fully saturated rings. The minimum atomic E-state index is -0.708. The predicted molar refractivity (Wildman–Crippen MR) is 42.5 cm³/mol. The second kappa shape index (κ2) is 3.34. The lowest BCUT2D eigenvalue weighted by Gasteiger charge is -2.12. The Balaban J connectivity index is 2.60. The lowest BCUT2D eigenvalue weighted by atomic mass is 9.99. The highest BCUT2D eigenvalue weighted by Crippen LogP contribution is 2.13. The topological polar surface area (TPSA) is 66.9 Å². The van der Waals surface area contributed by atoms with Crippen LogP contribution in [0.3, 0.4) is 0 Å². The van der Waals surface area contributed by atoms with Gasteiger partial charge in [-0.1, -0.05) is 18.2 Å². The second-order valence-electron chi connectivity index (χ2n) is 2.53. The molecule has 1 aliphatic carbocycles. The van der Waals surface area contributed by atoms with Crippen LogP contribution in [0.2, 0.25) is 0 Å². The number of rotatable bonds is 2. The minimum absolute atomic E-state index is 0.702. The first kappa shape index (κ1) is 8.01. The molecular formula is C8H11N2O. The summed E-state index contributed by atoms with van der Waals surface area (Å²) in [6.45, 7) is 0. The van der Waals surface area contributed by atoms with E-state index in [1.807, 2.05) is 18.2 Å². The Labute approximate surface area is 65.8 Å². The van der Waals surface area contributed by atoms with Gasteiger partial charge >= 0.3 is 0 Å². The Kier molecular flexibility index (Phi) is 2.44. The van der Waals surface area contributed by atoms with Crippen molar-refractivity contribution in [2.45, 2.75) is 18.9 Å². The Morgan fingerprint density at radius 2 is 2.36 bits per heavy atom. The van der Waals surface area contributed by atoms with Crippen molar-refractivity contribution in [1.29, 1.82) is 0 Å². The van der Waals surface area contributed by atoms with Gasteiger partial charge < -0.3 is 5.73 Å². The smallest absolute Gasteiger partial charge is 0.259 e. The molecule has 11 heavy (non-hydrogen) atoms. The standard InChI is InChI=1S/C8H11N2O/c9-7(8(10)11)6-4-2-1-3-5-6/h1-2,5,7,10H,3-4,9H2. The number of hydrogen-bond donors (Lipinski definition) is 1. The maximum Gasteiger partial charge on any atom is 0.259 e. The van der Waals surface area contributed by atoms with Crippen molar-refractivity contribution in [2.75, 3.05) is 0 Å². The summed E-state index contributed by atoms with van der Waals surface area (Å²) < 4.78 is 0. The van der Waals surface area contributed by atoms with Crippen LogP contribution in [0.1, 0.15) is 12.8 Å². The first-order valence-corrected chi connectivity index (χ1v) is 3.57. The highest BCUT2D eigenvalue weighted by atomic mass is 16.1. The molecule has 3 heteroatoms. The molecule has 59 valence electrons. The molecule has 0 spiro atoms. The first-order valence-electron chi connectivity index (χ1n) is 3.57. The summed E-state index contributed by atoms with van der Waals surface area (Å²) >= 11 is 0. The molecule has 0 aromatic rings. The van der Waals surface area contributed by atoms with E-state index in [-0.39, 0.29) is 0 Å². The van der Waals surface area contributed by atoms with Crippen molar-refractivity contribution in [1.82, 2.24) is 5.73 Å². The summed E-state index contributed by atoms with van der Waals surface area (Å²) in [5.41, 5.74) is 13.1. The van der Waals surface area contributed by atoms with Gasteiger partial charge in [0, 0.05) is 0 Å². The number of hydrogen-bond acceptors (Lipinski definition) is 2. The van der Waals surface area contributed by atoms with E-state index in [9.17, 15) is 4.79 Å².